The van der Waals surface area contributed by atoms with Crippen LogP contribution in [0.1, 0.15) is 23.2 Å². The summed E-state index contributed by atoms with van der Waals surface area (Å²) in [5.41, 5.74) is 2.41. The van der Waals surface area contributed by atoms with E-state index >= 15 is 0 Å². The molecule has 20 heavy (non-hydrogen) atoms. The normalized spacial score (nSPS) is 20.1. The quantitative estimate of drug-likeness (QED) is 0.800. The molecular weight excluding hydrogens is 308 g/mol. The topological polar surface area (TPSA) is 37.9 Å². The summed E-state index contributed by atoms with van der Waals surface area (Å²) in [4.78, 5) is 9.17. The summed E-state index contributed by atoms with van der Waals surface area (Å²) < 4.78 is 6.79. The molecule has 2 aliphatic heterocycles. The van der Waals surface area contributed by atoms with Crippen LogP contribution in [0.25, 0.3) is 0 Å². The van der Waals surface area contributed by atoms with Crippen LogP contribution in [0.2, 0.25) is 0 Å². The fourth-order valence-electron chi connectivity index (χ4n) is 2.40. The lowest BCUT2D eigenvalue weighted by Gasteiger charge is -2.25. The number of ether oxygens (including phenoxy) is 1. The number of nitrogens with zero attached hydrogens (tertiary/aromatic N) is 1. The van der Waals surface area contributed by atoms with Crippen LogP contribution in [-0.2, 0) is 11.5 Å². The van der Waals surface area contributed by atoms with Gasteiger partial charge in [0, 0.05) is 33.4 Å². The molecule has 1 aromatic heterocycles. The third-order valence-electron chi connectivity index (χ3n) is 3.43. The molecule has 2 aromatic rings. The van der Waals surface area contributed by atoms with Crippen LogP contribution in [0, 0.1) is 4.64 Å². The Morgan fingerprint density at radius 2 is 2.20 bits per heavy atom. The van der Waals surface area contributed by atoms with E-state index in [4.69, 9.17) is 17.0 Å². The molecule has 0 saturated carbocycles. The third kappa shape index (κ3) is 2.16. The van der Waals surface area contributed by atoms with E-state index in [9.17, 15) is 0 Å². The van der Waals surface area contributed by atoms with Crippen LogP contribution in [-0.4, -0.2) is 15.7 Å². The van der Waals surface area contributed by atoms with Crippen LogP contribution in [0.5, 0.6) is 5.75 Å². The highest BCUT2D eigenvalue weighted by atomic mass is 32.2. The standard InChI is InChI=1S/C14H12N2OS3/c18-14-8-5-19-6-9(8)15-13(16-14)11-7-20-12-4-2-1-3-10(12)17-11/h1-4,11H,5-7H2,(H,15,16,18). The number of benzene rings is 1. The van der Waals surface area contributed by atoms with Crippen molar-refractivity contribution in [2.24, 2.45) is 0 Å². The van der Waals surface area contributed by atoms with E-state index in [1.807, 2.05) is 30.0 Å². The van der Waals surface area contributed by atoms with Crippen molar-refractivity contribution >= 4 is 35.7 Å². The fraction of sp³-hybridized carbons (Fsp3) is 0.286. The van der Waals surface area contributed by atoms with Crippen molar-refractivity contribution in [3.8, 4) is 5.75 Å². The van der Waals surface area contributed by atoms with Gasteiger partial charge >= 0.3 is 0 Å². The Kier molecular flexibility index (Phi) is 3.24. The van der Waals surface area contributed by atoms with Crippen LogP contribution in [0.3, 0.4) is 0 Å². The van der Waals surface area contributed by atoms with Gasteiger partial charge in [0.15, 0.2) is 6.10 Å². The molecule has 0 amide bonds. The SMILES string of the molecule is S=c1nc(C2CSc3ccccc3O2)[nH]c2c1CSC2. The minimum absolute atomic E-state index is 0.0486. The first-order chi connectivity index (χ1) is 9.81. The first kappa shape index (κ1) is 12.7. The Morgan fingerprint density at radius 3 is 3.15 bits per heavy atom. The van der Waals surface area contributed by atoms with Gasteiger partial charge in [-0.3, -0.25) is 0 Å². The summed E-state index contributed by atoms with van der Waals surface area (Å²) in [6.07, 6.45) is -0.0486. The number of nitrogens with one attached hydrogen (secondary N) is 1. The average Bonchev–Trinajstić information content (AvgIpc) is 2.96. The van der Waals surface area contributed by atoms with Crippen molar-refractivity contribution in [1.82, 2.24) is 9.97 Å². The Labute approximate surface area is 130 Å². The first-order valence-corrected chi connectivity index (χ1v) is 8.94. The summed E-state index contributed by atoms with van der Waals surface area (Å²) in [6, 6.07) is 8.13. The summed E-state index contributed by atoms with van der Waals surface area (Å²) >= 11 is 9.09. The maximum Gasteiger partial charge on any atom is 0.165 e. The number of aromatic nitrogens is 2. The van der Waals surface area contributed by atoms with Crippen molar-refractivity contribution in [2.45, 2.75) is 22.5 Å². The van der Waals surface area contributed by atoms with E-state index < -0.39 is 0 Å². The highest BCUT2D eigenvalue weighted by Gasteiger charge is 2.25. The number of rotatable bonds is 1. The molecule has 4 rings (SSSR count). The average molecular weight is 320 g/mol. The van der Waals surface area contributed by atoms with Gasteiger partial charge in [-0.15, -0.1) is 11.8 Å². The molecule has 3 heterocycles. The van der Waals surface area contributed by atoms with E-state index in [0.29, 0.717) is 0 Å². The molecule has 0 aliphatic carbocycles. The molecule has 0 spiro atoms. The van der Waals surface area contributed by atoms with E-state index in [1.165, 1.54) is 16.2 Å². The molecule has 102 valence electrons. The number of aromatic amines is 1. The monoisotopic (exact) mass is 320 g/mol. The highest BCUT2D eigenvalue weighted by Crippen LogP contribution is 2.40. The minimum Gasteiger partial charge on any atom is -0.480 e. The molecule has 6 heteroatoms. The van der Waals surface area contributed by atoms with Gasteiger partial charge in [-0.1, -0.05) is 24.4 Å². The summed E-state index contributed by atoms with van der Waals surface area (Å²) in [5, 5.41) is 0. The van der Waals surface area contributed by atoms with Gasteiger partial charge in [0.25, 0.3) is 0 Å². The van der Waals surface area contributed by atoms with Crippen molar-refractivity contribution < 1.29 is 4.74 Å². The van der Waals surface area contributed by atoms with Crippen LogP contribution >= 0.6 is 35.7 Å². The molecular formula is C14H12N2OS3. The summed E-state index contributed by atoms with van der Waals surface area (Å²) in [6.45, 7) is 0. The smallest absolute Gasteiger partial charge is 0.165 e. The maximum absolute atomic E-state index is 6.07. The van der Waals surface area contributed by atoms with Gasteiger partial charge in [-0.2, -0.15) is 11.8 Å². The number of fused-ring (bicyclic) bond motifs is 2. The second kappa shape index (κ2) is 5.09. The zero-order valence-electron chi connectivity index (χ0n) is 10.6. The number of H-pyrrole nitrogens is 1. The van der Waals surface area contributed by atoms with Crippen molar-refractivity contribution in [3.05, 3.63) is 46.0 Å². The maximum atomic E-state index is 6.07. The van der Waals surface area contributed by atoms with Crippen LogP contribution in [0.4, 0.5) is 0 Å². The zero-order chi connectivity index (χ0) is 13.5. The minimum atomic E-state index is -0.0486. The van der Waals surface area contributed by atoms with Gasteiger partial charge in [-0.25, -0.2) is 4.98 Å². The zero-order valence-corrected chi connectivity index (χ0v) is 13.0. The molecule has 1 atom stereocenters. The lowest BCUT2D eigenvalue weighted by molar-refractivity contribution is 0.210. The molecule has 1 unspecified atom stereocenters. The second-order valence-electron chi connectivity index (χ2n) is 4.74. The fourth-order valence-corrected chi connectivity index (χ4v) is 4.84. The van der Waals surface area contributed by atoms with Gasteiger partial charge in [0.1, 0.15) is 16.2 Å². The lowest BCUT2D eigenvalue weighted by Crippen LogP contribution is -2.18. The van der Waals surface area contributed by atoms with Crippen molar-refractivity contribution in [3.63, 3.8) is 0 Å². The van der Waals surface area contributed by atoms with E-state index in [2.05, 4.69) is 16.0 Å². The molecule has 0 saturated heterocycles. The van der Waals surface area contributed by atoms with Crippen molar-refractivity contribution in [2.75, 3.05) is 5.75 Å². The van der Waals surface area contributed by atoms with Crippen LogP contribution in [0.15, 0.2) is 29.2 Å². The highest BCUT2D eigenvalue weighted by molar-refractivity contribution is 7.99. The number of hydrogen-bond donors (Lipinski definition) is 1. The second-order valence-corrected chi connectivity index (χ2v) is 7.18. The largest absolute Gasteiger partial charge is 0.480 e. The first-order valence-electron chi connectivity index (χ1n) is 6.39. The molecule has 0 fully saturated rings. The third-order valence-corrected chi connectivity index (χ3v) is 5.87. The Morgan fingerprint density at radius 1 is 1.30 bits per heavy atom. The molecule has 2 aliphatic rings. The predicted octanol–water partition coefficient (Wildman–Crippen LogP) is 4.11. The van der Waals surface area contributed by atoms with E-state index in [-0.39, 0.29) is 6.10 Å². The van der Waals surface area contributed by atoms with Gasteiger partial charge < -0.3 is 9.72 Å². The Hall–Kier alpha value is -0.980. The van der Waals surface area contributed by atoms with Gasteiger partial charge in [-0.05, 0) is 12.1 Å². The van der Waals surface area contributed by atoms with E-state index in [0.717, 1.165) is 33.5 Å². The molecule has 0 bridgehead atoms. The number of thioether (sulfide) groups is 2. The molecule has 1 N–H and O–H groups in total. The van der Waals surface area contributed by atoms with E-state index in [1.54, 1.807) is 11.8 Å². The van der Waals surface area contributed by atoms with Gasteiger partial charge in [0.05, 0.1) is 0 Å². The summed E-state index contributed by atoms with van der Waals surface area (Å²) in [7, 11) is 0. The Balaban J connectivity index is 1.70. The number of hydrogen-bond acceptors (Lipinski definition) is 5. The summed E-state index contributed by atoms with van der Waals surface area (Å²) in [5.74, 6) is 4.62. The van der Waals surface area contributed by atoms with Crippen LogP contribution < -0.4 is 4.74 Å². The number of para-hydroxylation sites is 1. The predicted molar refractivity (Wildman–Crippen MR) is 85.0 cm³/mol. The van der Waals surface area contributed by atoms with Crippen molar-refractivity contribution in [1.29, 1.82) is 0 Å². The Bertz CT molecular complexity index is 729. The molecule has 0 radical (unpaired) electrons. The van der Waals surface area contributed by atoms with Gasteiger partial charge in [0.2, 0.25) is 0 Å². The molecule has 1 aromatic carbocycles. The molecule has 3 nitrogen and oxygen atoms in total. The lowest BCUT2D eigenvalue weighted by atomic mass is 10.2.